The molecule has 0 saturated heterocycles. The van der Waals surface area contributed by atoms with Crippen molar-refractivity contribution in [3.8, 4) is 5.75 Å². The molecular formula is C18H14ClNO4. The standard InChI is InChI=1S/C18H14ClNO4/c1-24-16(22)9-14-13-7-4-11(19)8-15(13)20-17(14)18(23)10-2-5-12(21)6-3-10/h2-8,20-21H,9H2,1H3. The number of aromatic nitrogens is 1. The lowest BCUT2D eigenvalue weighted by Gasteiger charge is -2.04. The summed E-state index contributed by atoms with van der Waals surface area (Å²) in [5.74, 6) is -0.642. The van der Waals surface area contributed by atoms with Crippen LogP contribution in [0.1, 0.15) is 21.6 Å². The molecule has 2 N–H and O–H groups in total. The Bertz CT molecular complexity index is 928. The van der Waals surface area contributed by atoms with Crippen LogP contribution in [-0.4, -0.2) is 29.0 Å². The molecule has 0 unspecified atom stereocenters. The van der Waals surface area contributed by atoms with Crippen LogP contribution in [0, 0.1) is 0 Å². The van der Waals surface area contributed by atoms with Crippen LogP contribution in [0.5, 0.6) is 5.75 Å². The van der Waals surface area contributed by atoms with Crippen molar-refractivity contribution in [2.45, 2.75) is 6.42 Å². The van der Waals surface area contributed by atoms with Crippen LogP contribution < -0.4 is 0 Å². The van der Waals surface area contributed by atoms with Gasteiger partial charge in [0.2, 0.25) is 5.78 Å². The molecule has 0 spiro atoms. The summed E-state index contributed by atoms with van der Waals surface area (Å²) >= 11 is 6.00. The van der Waals surface area contributed by atoms with Crippen molar-refractivity contribution in [2.75, 3.05) is 7.11 Å². The molecule has 1 heterocycles. The number of H-pyrrole nitrogens is 1. The predicted octanol–water partition coefficient (Wildman–Crippen LogP) is 3.47. The van der Waals surface area contributed by atoms with E-state index in [1.54, 1.807) is 18.2 Å². The second-order valence-electron chi connectivity index (χ2n) is 5.30. The van der Waals surface area contributed by atoms with Gasteiger partial charge in [0.05, 0.1) is 19.2 Å². The maximum Gasteiger partial charge on any atom is 0.310 e. The summed E-state index contributed by atoms with van der Waals surface area (Å²) in [5.41, 5.74) is 1.94. The number of hydrogen-bond donors (Lipinski definition) is 2. The molecular weight excluding hydrogens is 330 g/mol. The van der Waals surface area contributed by atoms with Gasteiger partial charge in [0.1, 0.15) is 5.75 Å². The third-order valence-corrected chi connectivity index (χ3v) is 4.01. The Balaban J connectivity index is 2.14. The molecule has 0 atom stereocenters. The van der Waals surface area contributed by atoms with E-state index < -0.39 is 5.97 Å². The van der Waals surface area contributed by atoms with Crippen LogP contribution in [0.25, 0.3) is 10.9 Å². The highest BCUT2D eigenvalue weighted by Crippen LogP contribution is 2.28. The minimum Gasteiger partial charge on any atom is -0.508 e. The number of benzene rings is 2. The Labute approximate surface area is 142 Å². The smallest absolute Gasteiger partial charge is 0.310 e. The monoisotopic (exact) mass is 343 g/mol. The molecule has 0 fully saturated rings. The van der Waals surface area contributed by atoms with Gasteiger partial charge in [-0.25, -0.2) is 0 Å². The van der Waals surface area contributed by atoms with Crippen LogP contribution in [-0.2, 0) is 16.0 Å². The lowest BCUT2D eigenvalue weighted by Crippen LogP contribution is -2.10. The van der Waals surface area contributed by atoms with Crippen LogP contribution in [0.3, 0.4) is 0 Å². The van der Waals surface area contributed by atoms with Crippen molar-refractivity contribution in [3.63, 3.8) is 0 Å². The van der Waals surface area contributed by atoms with E-state index in [1.165, 1.54) is 31.4 Å². The molecule has 0 aliphatic carbocycles. The molecule has 2 aromatic carbocycles. The fraction of sp³-hybridized carbons (Fsp3) is 0.111. The topological polar surface area (TPSA) is 79.4 Å². The Morgan fingerprint density at radius 2 is 1.88 bits per heavy atom. The van der Waals surface area contributed by atoms with E-state index in [9.17, 15) is 14.7 Å². The van der Waals surface area contributed by atoms with E-state index in [1.807, 2.05) is 0 Å². The largest absolute Gasteiger partial charge is 0.508 e. The van der Waals surface area contributed by atoms with Crippen molar-refractivity contribution in [3.05, 3.63) is 64.3 Å². The highest BCUT2D eigenvalue weighted by molar-refractivity contribution is 6.31. The number of esters is 1. The quantitative estimate of drug-likeness (QED) is 0.561. The van der Waals surface area contributed by atoms with Crippen molar-refractivity contribution >= 4 is 34.3 Å². The first-order valence-corrected chi connectivity index (χ1v) is 7.58. The number of methoxy groups -OCH3 is 1. The number of halogens is 1. The third-order valence-electron chi connectivity index (χ3n) is 3.77. The summed E-state index contributed by atoms with van der Waals surface area (Å²) < 4.78 is 4.73. The molecule has 24 heavy (non-hydrogen) atoms. The summed E-state index contributed by atoms with van der Waals surface area (Å²) in [7, 11) is 1.30. The molecule has 5 nitrogen and oxygen atoms in total. The average molecular weight is 344 g/mol. The number of aromatic amines is 1. The first-order valence-electron chi connectivity index (χ1n) is 7.20. The zero-order valence-electron chi connectivity index (χ0n) is 12.8. The van der Waals surface area contributed by atoms with Crippen molar-refractivity contribution in [1.29, 1.82) is 0 Å². The van der Waals surface area contributed by atoms with Gasteiger partial charge in [0, 0.05) is 27.1 Å². The number of hydrogen-bond acceptors (Lipinski definition) is 4. The summed E-state index contributed by atoms with van der Waals surface area (Å²) in [6.45, 7) is 0. The maximum atomic E-state index is 12.8. The van der Waals surface area contributed by atoms with Gasteiger partial charge >= 0.3 is 5.97 Å². The van der Waals surface area contributed by atoms with Crippen LogP contribution in [0.15, 0.2) is 42.5 Å². The summed E-state index contributed by atoms with van der Waals surface area (Å²) in [6.07, 6.45) is -0.0305. The molecule has 3 aromatic rings. The van der Waals surface area contributed by atoms with E-state index >= 15 is 0 Å². The molecule has 3 rings (SSSR count). The second kappa shape index (κ2) is 6.37. The number of phenolic OH excluding ortho intramolecular Hbond substituents is 1. The molecule has 0 aliphatic heterocycles. The minimum absolute atomic E-state index is 0.0305. The molecule has 122 valence electrons. The number of fused-ring (bicyclic) bond motifs is 1. The number of ketones is 1. The van der Waals surface area contributed by atoms with E-state index in [2.05, 4.69) is 4.98 Å². The van der Waals surface area contributed by atoms with Crippen molar-refractivity contribution in [1.82, 2.24) is 4.98 Å². The van der Waals surface area contributed by atoms with Crippen LogP contribution in [0.2, 0.25) is 5.02 Å². The Morgan fingerprint density at radius 1 is 1.17 bits per heavy atom. The van der Waals surface area contributed by atoms with Gasteiger partial charge in [-0.2, -0.15) is 0 Å². The lowest BCUT2D eigenvalue weighted by atomic mass is 10.0. The fourth-order valence-electron chi connectivity index (χ4n) is 2.58. The molecule has 0 radical (unpaired) electrons. The van der Waals surface area contributed by atoms with Crippen LogP contribution >= 0.6 is 11.6 Å². The van der Waals surface area contributed by atoms with E-state index in [0.29, 0.717) is 27.4 Å². The Hall–Kier alpha value is -2.79. The Morgan fingerprint density at radius 3 is 2.54 bits per heavy atom. The van der Waals surface area contributed by atoms with Crippen LogP contribution in [0.4, 0.5) is 0 Å². The summed E-state index contributed by atoms with van der Waals surface area (Å²) in [6, 6.07) is 11.1. The zero-order valence-corrected chi connectivity index (χ0v) is 13.6. The summed E-state index contributed by atoms with van der Waals surface area (Å²) in [5, 5.41) is 10.6. The number of ether oxygens (including phenoxy) is 1. The van der Waals surface area contributed by atoms with Gasteiger partial charge in [-0.1, -0.05) is 17.7 Å². The van der Waals surface area contributed by atoms with Crippen molar-refractivity contribution in [2.24, 2.45) is 0 Å². The number of nitrogens with one attached hydrogen (secondary N) is 1. The van der Waals surface area contributed by atoms with Gasteiger partial charge in [-0.3, -0.25) is 9.59 Å². The van der Waals surface area contributed by atoms with Gasteiger partial charge in [-0.05, 0) is 36.4 Å². The molecule has 1 aromatic heterocycles. The highest BCUT2D eigenvalue weighted by Gasteiger charge is 2.21. The van der Waals surface area contributed by atoms with Crippen molar-refractivity contribution < 1.29 is 19.4 Å². The van der Waals surface area contributed by atoms with Gasteiger partial charge in [0.25, 0.3) is 0 Å². The number of rotatable bonds is 4. The molecule has 0 amide bonds. The number of carbonyl (C=O) groups is 2. The second-order valence-corrected chi connectivity index (χ2v) is 5.73. The molecule has 0 bridgehead atoms. The average Bonchev–Trinajstić information content (AvgIpc) is 2.92. The minimum atomic E-state index is -0.439. The fourth-order valence-corrected chi connectivity index (χ4v) is 2.75. The maximum absolute atomic E-state index is 12.8. The molecule has 0 aliphatic rings. The zero-order chi connectivity index (χ0) is 17.3. The van der Waals surface area contributed by atoms with E-state index in [0.717, 1.165) is 5.39 Å². The molecule has 0 saturated carbocycles. The first-order chi connectivity index (χ1) is 11.5. The number of phenols is 1. The molecule has 6 heteroatoms. The highest BCUT2D eigenvalue weighted by atomic mass is 35.5. The third kappa shape index (κ3) is 2.98. The van der Waals surface area contributed by atoms with E-state index in [4.69, 9.17) is 16.3 Å². The number of carbonyl (C=O) groups excluding carboxylic acids is 2. The normalized spacial score (nSPS) is 10.8. The first kappa shape index (κ1) is 16.1. The predicted molar refractivity (Wildman–Crippen MR) is 90.6 cm³/mol. The van der Waals surface area contributed by atoms with Gasteiger partial charge < -0.3 is 14.8 Å². The van der Waals surface area contributed by atoms with E-state index in [-0.39, 0.29) is 18.0 Å². The lowest BCUT2D eigenvalue weighted by molar-refractivity contribution is -0.139. The summed E-state index contributed by atoms with van der Waals surface area (Å²) in [4.78, 5) is 27.6. The van der Waals surface area contributed by atoms with Gasteiger partial charge in [0.15, 0.2) is 0 Å². The SMILES string of the molecule is COC(=O)Cc1c(C(=O)c2ccc(O)cc2)[nH]c2cc(Cl)ccc12. The Kier molecular flexibility index (Phi) is 4.27. The number of aromatic hydroxyl groups is 1. The van der Waals surface area contributed by atoms with Gasteiger partial charge in [-0.15, -0.1) is 0 Å².